The number of esters is 1. The SMILES string of the molecule is Cc1ccc(OCCOC(=O)C(C)N2C(=O)c3ccc(C)cc3C2=O)cc1. The standard InChI is InChI=1S/C21H21NO5/c1-13-4-7-16(8-5-13)26-10-11-27-21(25)15(3)22-19(23)17-9-6-14(2)12-18(17)20(22)24/h4-9,12,15H,10-11H2,1-3H3. The van der Waals surface area contributed by atoms with Crippen molar-refractivity contribution < 1.29 is 23.9 Å². The lowest BCUT2D eigenvalue weighted by atomic mass is 10.1. The van der Waals surface area contributed by atoms with Gasteiger partial charge in [0.25, 0.3) is 11.8 Å². The maximum absolute atomic E-state index is 12.5. The quantitative estimate of drug-likeness (QED) is 0.446. The van der Waals surface area contributed by atoms with Gasteiger partial charge in [-0.3, -0.25) is 14.5 Å². The van der Waals surface area contributed by atoms with Gasteiger partial charge in [-0.2, -0.15) is 0 Å². The summed E-state index contributed by atoms with van der Waals surface area (Å²) in [6.07, 6.45) is 0. The lowest BCUT2D eigenvalue weighted by Crippen LogP contribution is -2.44. The van der Waals surface area contributed by atoms with Crippen LogP contribution in [0.1, 0.15) is 38.8 Å². The predicted molar refractivity (Wildman–Crippen MR) is 98.8 cm³/mol. The molecular formula is C21H21NO5. The van der Waals surface area contributed by atoms with Gasteiger partial charge in [-0.05, 0) is 45.0 Å². The molecule has 0 fully saturated rings. The molecule has 0 saturated heterocycles. The van der Waals surface area contributed by atoms with Gasteiger partial charge in [-0.15, -0.1) is 0 Å². The molecule has 1 aliphatic heterocycles. The molecule has 6 heteroatoms. The molecule has 0 aliphatic carbocycles. The van der Waals surface area contributed by atoms with E-state index in [1.165, 1.54) is 6.92 Å². The van der Waals surface area contributed by atoms with E-state index in [1.807, 2.05) is 38.1 Å². The maximum atomic E-state index is 12.5. The Kier molecular flexibility index (Phi) is 5.26. The van der Waals surface area contributed by atoms with Crippen LogP contribution in [-0.4, -0.2) is 41.9 Å². The van der Waals surface area contributed by atoms with Gasteiger partial charge < -0.3 is 9.47 Å². The van der Waals surface area contributed by atoms with E-state index in [2.05, 4.69) is 0 Å². The third kappa shape index (κ3) is 3.84. The Morgan fingerprint density at radius 2 is 1.56 bits per heavy atom. The van der Waals surface area contributed by atoms with Gasteiger partial charge in [0, 0.05) is 0 Å². The number of benzene rings is 2. The molecular weight excluding hydrogens is 346 g/mol. The van der Waals surface area contributed by atoms with Gasteiger partial charge in [0.1, 0.15) is 25.0 Å². The zero-order chi connectivity index (χ0) is 19.6. The fourth-order valence-corrected chi connectivity index (χ4v) is 2.89. The predicted octanol–water partition coefficient (Wildman–Crippen LogP) is 2.91. The van der Waals surface area contributed by atoms with Crippen LogP contribution in [0.3, 0.4) is 0 Å². The molecule has 0 bridgehead atoms. The van der Waals surface area contributed by atoms with E-state index in [9.17, 15) is 14.4 Å². The second kappa shape index (κ2) is 7.61. The molecule has 140 valence electrons. The van der Waals surface area contributed by atoms with Crippen LogP contribution in [0.15, 0.2) is 42.5 Å². The first kappa shape index (κ1) is 18.6. The molecule has 6 nitrogen and oxygen atoms in total. The molecule has 2 aromatic carbocycles. The van der Waals surface area contributed by atoms with Crippen LogP contribution < -0.4 is 4.74 Å². The van der Waals surface area contributed by atoms with E-state index < -0.39 is 23.8 Å². The zero-order valence-electron chi connectivity index (χ0n) is 15.5. The fourth-order valence-electron chi connectivity index (χ4n) is 2.89. The highest BCUT2D eigenvalue weighted by Crippen LogP contribution is 2.26. The minimum Gasteiger partial charge on any atom is -0.490 e. The Bertz CT molecular complexity index is 888. The number of aryl methyl sites for hydroxylation is 2. The molecule has 1 unspecified atom stereocenters. The first-order chi connectivity index (χ1) is 12.9. The smallest absolute Gasteiger partial charge is 0.329 e. The maximum Gasteiger partial charge on any atom is 0.329 e. The van der Waals surface area contributed by atoms with Crippen LogP contribution in [0.2, 0.25) is 0 Å². The van der Waals surface area contributed by atoms with Gasteiger partial charge in [0.2, 0.25) is 0 Å². The molecule has 3 rings (SSSR count). The second-order valence-electron chi connectivity index (χ2n) is 6.53. The Morgan fingerprint density at radius 3 is 2.26 bits per heavy atom. The molecule has 27 heavy (non-hydrogen) atoms. The number of rotatable bonds is 6. The Hall–Kier alpha value is -3.15. The highest BCUT2D eigenvalue weighted by molar-refractivity contribution is 6.22. The van der Waals surface area contributed by atoms with Crippen LogP contribution in [-0.2, 0) is 9.53 Å². The summed E-state index contributed by atoms with van der Waals surface area (Å²) < 4.78 is 10.7. The van der Waals surface area contributed by atoms with E-state index in [4.69, 9.17) is 9.47 Å². The third-order valence-electron chi connectivity index (χ3n) is 4.42. The van der Waals surface area contributed by atoms with Crippen molar-refractivity contribution in [3.05, 3.63) is 64.7 Å². The molecule has 0 saturated carbocycles. The highest BCUT2D eigenvalue weighted by Gasteiger charge is 2.41. The minimum atomic E-state index is -1.00. The number of hydrogen-bond donors (Lipinski definition) is 0. The Morgan fingerprint density at radius 1 is 0.926 bits per heavy atom. The normalized spacial score (nSPS) is 14.1. The highest BCUT2D eigenvalue weighted by atomic mass is 16.6. The largest absolute Gasteiger partial charge is 0.490 e. The van der Waals surface area contributed by atoms with Crippen molar-refractivity contribution in [3.8, 4) is 5.75 Å². The number of nitrogens with zero attached hydrogens (tertiary/aromatic N) is 1. The van der Waals surface area contributed by atoms with E-state index in [0.717, 1.165) is 16.0 Å². The monoisotopic (exact) mass is 367 g/mol. The molecule has 1 atom stereocenters. The van der Waals surface area contributed by atoms with Gasteiger partial charge in [-0.25, -0.2) is 4.79 Å². The topological polar surface area (TPSA) is 72.9 Å². The van der Waals surface area contributed by atoms with E-state index in [-0.39, 0.29) is 13.2 Å². The fraction of sp³-hybridized carbons (Fsp3) is 0.286. The van der Waals surface area contributed by atoms with Crippen molar-refractivity contribution in [1.29, 1.82) is 0 Å². The van der Waals surface area contributed by atoms with Crippen molar-refractivity contribution in [2.45, 2.75) is 26.8 Å². The van der Waals surface area contributed by atoms with Gasteiger partial charge >= 0.3 is 5.97 Å². The molecule has 2 amide bonds. The lowest BCUT2D eigenvalue weighted by molar-refractivity contribution is -0.148. The average molecular weight is 367 g/mol. The zero-order valence-corrected chi connectivity index (χ0v) is 15.5. The summed E-state index contributed by atoms with van der Waals surface area (Å²) in [6, 6.07) is 11.5. The summed E-state index contributed by atoms with van der Waals surface area (Å²) in [5.74, 6) is -0.913. The number of hydrogen-bond acceptors (Lipinski definition) is 5. The van der Waals surface area contributed by atoms with E-state index in [0.29, 0.717) is 16.9 Å². The molecule has 1 heterocycles. The average Bonchev–Trinajstić information content (AvgIpc) is 2.89. The number of ether oxygens (including phenoxy) is 2. The number of carbonyl (C=O) groups is 3. The van der Waals surface area contributed by atoms with Crippen LogP contribution >= 0.6 is 0 Å². The number of imide groups is 1. The third-order valence-corrected chi connectivity index (χ3v) is 4.42. The minimum absolute atomic E-state index is 0.0271. The van der Waals surface area contributed by atoms with Gasteiger partial charge in [0.05, 0.1) is 11.1 Å². The summed E-state index contributed by atoms with van der Waals surface area (Å²) in [6.45, 7) is 5.51. The van der Waals surface area contributed by atoms with Crippen LogP contribution in [0.4, 0.5) is 0 Å². The van der Waals surface area contributed by atoms with Crippen LogP contribution in [0.25, 0.3) is 0 Å². The van der Waals surface area contributed by atoms with Crippen molar-refractivity contribution in [2.75, 3.05) is 13.2 Å². The summed E-state index contributed by atoms with van der Waals surface area (Å²) in [5, 5.41) is 0. The van der Waals surface area contributed by atoms with Crippen molar-refractivity contribution in [3.63, 3.8) is 0 Å². The second-order valence-corrected chi connectivity index (χ2v) is 6.53. The van der Waals surface area contributed by atoms with Gasteiger partial charge in [-0.1, -0.05) is 29.3 Å². The van der Waals surface area contributed by atoms with Crippen molar-refractivity contribution in [1.82, 2.24) is 4.90 Å². The lowest BCUT2D eigenvalue weighted by Gasteiger charge is -2.20. The Balaban J connectivity index is 1.55. The van der Waals surface area contributed by atoms with Gasteiger partial charge in [0.15, 0.2) is 0 Å². The molecule has 2 aromatic rings. The summed E-state index contributed by atoms with van der Waals surface area (Å²) in [5.41, 5.74) is 2.63. The van der Waals surface area contributed by atoms with Crippen molar-refractivity contribution >= 4 is 17.8 Å². The number of carbonyl (C=O) groups excluding carboxylic acids is 3. The number of amides is 2. The molecule has 0 N–H and O–H groups in total. The number of fused-ring (bicyclic) bond motifs is 1. The molecule has 1 aliphatic rings. The first-order valence-electron chi connectivity index (χ1n) is 8.73. The van der Waals surface area contributed by atoms with E-state index >= 15 is 0 Å². The molecule has 0 radical (unpaired) electrons. The first-order valence-corrected chi connectivity index (χ1v) is 8.73. The molecule has 0 spiro atoms. The summed E-state index contributed by atoms with van der Waals surface area (Å²) in [4.78, 5) is 38.2. The summed E-state index contributed by atoms with van der Waals surface area (Å²) >= 11 is 0. The molecule has 0 aromatic heterocycles. The van der Waals surface area contributed by atoms with Crippen molar-refractivity contribution in [2.24, 2.45) is 0 Å². The van der Waals surface area contributed by atoms with Crippen LogP contribution in [0, 0.1) is 13.8 Å². The Labute approximate surface area is 157 Å². The summed E-state index contributed by atoms with van der Waals surface area (Å²) in [7, 11) is 0. The van der Waals surface area contributed by atoms with Crippen LogP contribution in [0.5, 0.6) is 5.75 Å². The van der Waals surface area contributed by atoms with E-state index in [1.54, 1.807) is 18.2 Å².